The second-order valence-corrected chi connectivity index (χ2v) is 16.7. The number of carbonyl (C=O) groups excluding carboxylic acids is 2. The van der Waals surface area contributed by atoms with Crippen molar-refractivity contribution in [3.63, 3.8) is 0 Å². The molecule has 1 N–H and O–H groups in total. The van der Waals surface area contributed by atoms with Crippen molar-refractivity contribution < 1.29 is 42.1 Å². The lowest BCUT2D eigenvalue weighted by atomic mass is 9.99. The van der Waals surface area contributed by atoms with E-state index in [2.05, 4.69) is 20.8 Å². The molecular formula is C39H79NO8P+. The predicted octanol–water partition coefficient (Wildman–Crippen LogP) is 10.7. The fourth-order valence-corrected chi connectivity index (χ4v) is 6.32. The number of carbonyl (C=O) groups is 2. The monoisotopic (exact) mass is 721 g/mol. The summed E-state index contributed by atoms with van der Waals surface area (Å²) in [7, 11) is 1.49. The first kappa shape index (κ1) is 48.0. The number of rotatable bonds is 36. The van der Waals surface area contributed by atoms with Crippen LogP contribution in [-0.4, -0.2) is 74.9 Å². The van der Waals surface area contributed by atoms with Crippen LogP contribution in [0.5, 0.6) is 0 Å². The summed E-state index contributed by atoms with van der Waals surface area (Å²) in [6.07, 6.45) is 27.1. The third kappa shape index (κ3) is 35.2. The minimum atomic E-state index is -4.36. The number of quaternary nitrogens is 1. The van der Waals surface area contributed by atoms with E-state index in [1.165, 1.54) is 109 Å². The van der Waals surface area contributed by atoms with Crippen molar-refractivity contribution in [1.29, 1.82) is 0 Å². The second-order valence-electron chi connectivity index (χ2n) is 15.3. The standard InChI is InChI=1S/C39H78NO8P/c1-7-9-10-11-12-13-14-15-16-17-21-24-27-30-38(41)45-34-37(35-47-49(43,44)46-33-32-40(4,5)6)48-39(42)31-28-25-22-19-18-20-23-26-29-36(3)8-2/h36-37H,7-35H2,1-6H3/p+1/t36?,37-/m0/s1. The molecule has 0 saturated carbocycles. The highest BCUT2D eigenvalue weighted by Gasteiger charge is 2.27. The Morgan fingerprint density at radius 1 is 0.633 bits per heavy atom. The summed E-state index contributed by atoms with van der Waals surface area (Å²) < 4.78 is 34.2. The third-order valence-electron chi connectivity index (χ3n) is 9.18. The zero-order valence-electron chi connectivity index (χ0n) is 32.9. The SMILES string of the molecule is CCCCCCCCCCCCCCCC(=O)OC[C@@H](COP(=O)(O)OCC[N+](C)(C)C)OC(=O)CCCCCCCCCCC(C)CC. The first-order valence-corrected chi connectivity index (χ1v) is 21.7. The van der Waals surface area contributed by atoms with E-state index in [4.69, 9.17) is 18.5 Å². The average Bonchev–Trinajstić information content (AvgIpc) is 3.04. The summed E-state index contributed by atoms with van der Waals surface area (Å²) in [6, 6.07) is 0. The van der Waals surface area contributed by atoms with E-state index in [0.717, 1.165) is 38.0 Å². The smallest absolute Gasteiger partial charge is 0.462 e. The molecule has 0 fully saturated rings. The molecule has 0 radical (unpaired) electrons. The lowest BCUT2D eigenvalue weighted by Gasteiger charge is -2.24. The van der Waals surface area contributed by atoms with Crippen molar-refractivity contribution >= 4 is 19.8 Å². The van der Waals surface area contributed by atoms with Crippen LogP contribution in [-0.2, 0) is 32.7 Å². The van der Waals surface area contributed by atoms with Crippen LogP contribution in [0.2, 0.25) is 0 Å². The Labute approximate surface area is 302 Å². The van der Waals surface area contributed by atoms with Crippen LogP contribution in [0.1, 0.15) is 181 Å². The maximum absolute atomic E-state index is 12.6. The minimum absolute atomic E-state index is 0.0356. The zero-order chi connectivity index (χ0) is 36.6. The molecule has 0 aromatic heterocycles. The molecule has 0 aliphatic carbocycles. The largest absolute Gasteiger partial charge is 0.472 e. The van der Waals surface area contributed by atoms with Gasteiger partial charge in [-0.1, -0.05) is 156 Å². The van der Waals surface area contributed by atoms with Crippen molar-refractivity contribution in [3.05, 3.63) is 0 Å². The topological polar surface area (TPSA) is 108 Å². The highest BCUT2D eigenvalue weighted by molar-refractivity contribution is 7.47. The number of unbranched alkanes of at least 4 members (excludes halogenated alkanes) is 19. The van der Waals surface area contributed by atoms with Gasteiger partial charge in [-0.05, 0) is 18.8 Å². The van der Waals surface area contributed by atoms with Crippen LogP contribution in [0.25, 0.3) is 0 Å². The molecule has 0 aromatic rings. The van der Waals surface area contributed by atoms with Crippen LogP contribution in [0, 0.1) is 5.92 Å². The molecule has 9 nitrogen and oxygen atoms in total. The molecule has 0 saturated heterocycles. The molecule has 0 amide bonds. The number of hydrogen-bond acceptors (Lipinski definition) is 7. The maximum Gasteiger partial charge on any atom is 0.472 e. The predicted molar refractivity (Wildman–Crippen MR) is 201 cm³/mol. The molecule has 0 rings (SSSR count). The average molecular weight is 721 g/mol. The molecule has 10 heteroatoms. The lowest BCUT2D eigenvalue weighted by Crippen LogP contribution is -2.37. The van der Waals surface area contributed by atoms with E-state index in [0.29, 0.717) is 23.9 Å². The van der Waals surface area contributed by atoms with Crippen LogP contribution in [0.15, 0.2) is 0 Å². The lowest BCUT2D eigenvalue weighted by molar-refractivity contribution is -0.870. The van der Waals surface area contributed by atoms with Crippen LogP contribution < -0.4 is 0 Å². The van der Waals surface area contributed by atoms with Gasteiger partial charge in [0.2, 0.25) is 0 Å². The van der Waals surface area contributed by atoms with Crippen LogP contribution >= 0.6 is 7.82 Å². The summed E-state index contributed by atoms with van der Waals surface area (Å²) >= 11 is 0. The number of hydrogen-bond donors (Lipinski definition) is 1. The molecular weight excluding hydrogens is 641 g/mol. The Morgan fingerprint density at radius 2 is 1.08 bits per heavy atom. The fourth-order valence-electron chi connectivity index (χ4n) is 5.58. The third-order valence-corrected chi connectivity index (χ3v) is 10.2. The van der Waals surface area contributed by atoms with Gasteiger partial charge in [-0.3, -0.25) is 18.6 Å². The van der Waals surface area contributed by atoms with Gasteiger partial charge in [0, 0.05) is 12.8 Å². The highest BCUT2D eigenvalue weighted by Crippen LogP contribution is 2.43. The molecule has 2 unspecified atom stereocenters. The maximum atomic E-state index is 12.6. The summed E-state index contributed by atoms with van der Waals surface area (Å²) in [4.78, 5) is 35.2. The molecule has 0 bridgehead atoms. The number of nitrogens with zero attached hydrogens (tertiary/aromatic N) is 1. The normalized spacial score (nSPS) is 14.3. The summed E-state index contributed by atoms with van der Waals surface area (Å²) in [6.45, 7) is 6.76. The Balaban J connectivity index is 4.40. The molecule has 0 aliphatic heterocycles. The Morgan fingerprint density at radius 3 is 1.55 bits per heavy atom. The summed E-state index contributed by atoms with van der Waals surface area (Å²) in [5, 5.41) is 0. The zero-order valence-corrected chi connectivity index (χ0v) is 33.8. The number of likely N-dealkylation sites (N-methyl/N-ethyl adjacent to an activating group) is 1. The molecule has 292 valence electrons. The number of esters is 2. The van der Waals surface area contributed by atoms with Gasteiger partial charge in [-0.2, -0.15) is 0 Å². The van der Waals surface area contributed by atoms with E-state index in [1.807, 2.05) is 21.1 Å². The van der Waals surface area contributed by atoms with E-state index in [1.54, 1.807) is 0 Å². The van der Waals surface area contributed by atoms with Gasteiger partial charge in [0.15, 0.2) is 6.10 Å². The van der Waals surface area contributed by atoms with Crippen molar-refractivity contribution in [2.24, 2.45) is 5.92 Å². The van der Waals surface area contributed by atoms with Gasteiger partial charge in [0.05, 0.1) is 27.7 Å². The van der Waals surface area contributed by atoms with E-state index < -0.39 is 26.5 Å². The van der Waals surface area contributed by atoms with E-state index >= 15 is 0 Å². The van der Waals surface area contributed by atoms with Crippen LogP contribution in [0.3, 0.4) is 0 Å². The van der Waals surface area contributed by atoms with Gasteiger partial charge in [0.1, 0.15) is 19.8 Å². The van der Waals surface area contributed by atoms with E-state index in [-0.39, 0.29) is 25.6 Å². The molecule has 0 spiro atoms. The number of ether oxygens (including phenoxy) is 2. The Bertz CT molecular complexity index is 834. The summed E-state index contributed by atoms with van der Waals surface area (Å²) in [5.74, 6) is 0.0338. The second kappa shape index (κ2) is 31.7. The van der Waals surface area contributed by atoms with Gasteiger partial charge in [-0.25, -0.2) is 4.57 Å². The number of phosphoric ester groups is 1. The Hall–Kier alpha value is -0.990. The van der Waals surface area contributed by atoms with Crippen molar-refractivity contribution in [3.8, 4) is 0 Å². The first-order valence-electron chi connectivity index (χ1n) is 20.2. The van der Waals surface area contributed by atoms with Crippen LogP contribution in [0.4, 0.5) is 0 Å². The first-order chi connectivity index (χ1) is 23.4. The molecule has 0 aromatic carbocycles. The van der Waals surface area contributed by atoms with Gasteiger partial charge in [0.25, 0.3) is 0 Å². The van der Waals surface area contributed by atoms with Gasteiger partial charge < -0.3 is 18.9 Å². The van der Waals surface area contributed by atoms with Crippen molar-refractivity contribution in [1.82, 2.24) is 0 Å². The van der Waals surface area contributed by atoms with Gasteiger partial charge >= 0.3 is 19.8 Å². The quantitative estimate of drug-likeness (QED) is 0.0295. The molecule has 49 heavy (non-hydrogen) atoms. The van der Waals surface area contributed by atoms with Crippen molar-refractivity contribution in [2.45, 2.75) is 187 Å². The minimum Gasteiger partial charge on any atom is -0.462 e. The highest BCUT2D eigenvalue weighted by atomic mass is 31.2. The Kier molecular flexibility index (Phi) is 31.1. The number of phosphoric acid groups is 1. The fraction of sp³-hybridized carbons (Fsp3) is 0.949. The van der Waals surface area contributed by atoms with Crippen molar-refractivity contribution in [2.75, 3.05) is 47.5 Å². The molecule has 0 aliphatic rings. The summed E-state index contributed by atoms with van der Waals surface area (Å²) in [5.41, 5.74) is 0. The molecule has 0 heterocycles. The van der Waals surface area contributed by atoms with E-state index in [9.17, 15) is 19.0 Å². The molecule has 3 atom stereocenters. The van der Waals surface area contributed by atoms with Gasteiger partial charge in [-0.15, -0.1) is 0 Å².